The third-order valence-electron chi connectivity index (χ3n) is 4.95. The average Bonchev–Trinajstić information content (AvgIpc) is 3.20. The van der Waals surface area contributed by atoms with Gasteiger partial charge >= 0.3 is 18.3 Å². The second-order valence-corrected chi connectivity index (χ2v) is 8.11. The van der Waals surface area contributed by atoms with Gasteiger partial charge in [0.25, 0.3) is 0 Å². The zero-order valence-electron chi connectivity index (χ0n) is 20.1. The number of aromatic amines is 1. The van der Waals surface area contributed by atoms with Crippen molar-refractivity contribution in [3.05, 3.63) is 66.1 Å². The number of nitrogens with one attached hydrogen (secondary N) is 3. The smallest absolute Gasteiger partial charge is 0.475 e. The number of anilines is 4. The van der Waals surface area contributed by atoms with E-state index < -0.39 is 30.2 Å². The predicted octanol–water partition coefficient (Wildman–Crippen LogP) is 5.78. The summed E-state index contributed by atoms with van der Waals surface area (Å²) in [4.78, 5) is 18.4. The van der Waals surface area contributed by atoms with E-state index in [1.54, 1.807) is 18.2 Å². The van der Waals surface area contributed by atoms with E-state index in [1.807, 2.05) is 0 Å². The lowest BCUT2D eigenvalue weighted by Gasteiger charge is -2.27. The Kier molecular flexibility index (Phi) is 8.58. The van der Waals surface area contributed by atoms with Gasteiger partial charge in [-0.1, -0.05) is 12.1 Å². The lowest BCUT2D eigenvalue weighted by atomic mass is 10.0. The van der Waals surface area contributed by atoms with Crippen LogP contribution in [-0.2, 0) is 4.79 Å². The molecule has 0 bridgehead atoms. The summed E-state index contributed by atoms with van der Waals surface area (Å²) in [5.41, 5.74) is 1.15. The summed E-state index contributed by atoms with van der Waals surface area (Å²) < 4.78 is 85.7. The molecule has 0 spiro atoms. The minimum atomic E-state index is -5.08. The van der Waals surface area contributed by atoms with Gasteiger partial charge in [-0.3, -0.25) is 10.00 Å². The van der Waals surface area contributed by atoms with Crippen LogP contribution < -0.4 is 10.6 Å². The molecule has 2 heterocycles. The topological polar surface area (TPSA) is 119 Å². The number of fused-ring (bicyclic) bond motifs is 1. The molecule has 0 saturated heterocycles. The van der Waals surface area contributed by atoms with Crippen molar-refractivity contribution in [2.45, 2.75) is 18.4 Å². The lowest BCUT2D eigenvalue weighted by molar-refractivity contribution is -0.192. The van der Waals surface area contributed by atoms with Crippen molar-refractivity contribution < 1.29 is 40.6 Å². The van der Waals surface area contributed by atoms with Crippen molar-refractivity contribution in [2.75, 3.05) is 24.7 Å². The number of carbonyl (C=O) groups is 1. The van der Waals surface area contributed by atoms with Gasteiger partial charge in [-0.25, -0.2) is 14.2 Å². The molecule has 0 aliphatic rings. The first-order chi connectivity index (χ1) is 18.1. The second kappa shape index (κ2) is 11.5. The number of H-pyrrole nitrogens is 1. The van der Waals surface area contributed by atoms with Crippen LogP contribution in [0.1, 0.15) is 11.6 Å². The maximum atomic E-state index is 13.6. The number of hydrogen-bond donors (Lipinski definition) is 4. The van der Waals surface area contributed by atoms with Crippen LogP contribution in [0.15, 0.2) is 54.7 Å². The summed E-state index contributed by atoms with van der Waals surface area (Å²) >= 11 is 0. The minimum absolute atomic E-state index is 0.0896. The van der Waals surface area contributed by atoms with Crippen LogP contribution in [0.3, 0.4) is 0 Å². The normalized spacial score (nSPS) is 12.6. The number of halogens is 7. The zero-order chi connectivity index (χ0) is 29.0. The molecule has 4 N–H and O–H groups in total. The summed E-state index contributed by atoms with van der Waals surface area (Å²) in [5.74, 6) is -2.23. The maximum absolute atomic E-state index is 13.6. The number of aliphatic carboxylic acids is 1. The van der Waals surface area contributed by atoms with Crippen molar-refractivity contribution >= 4 is 40.1 Å². The van der Waals surface area contributed by atoms with E-state index >= 15 is 0 Å². The van der Waals surface area contributed by atoms with Crippen molar-refractivity contribution in [2.24, 2.45) is 0 Å². The highest BCUT2D eigenvalue weighted by Crippen LogP contribution is 2.37. The van der Waals surface area contributed by atoms with E-state index in [1.165, 1.54) is 50.6 Å². The minimum Gasteiger partial charge on any atom is -0.475 e. The maximum Gasteiger partial charge on any atom is 0.490 e. The van der Waals surface area contributed by atoms with Gasteiger partial charge in [0.1, 0.15) is 17.7 Å². The molecule has 0 amide bonds. The fourth-order valence-corrected chi connectivity index (χ4v) is 3.39. The molecule has 0 radical (unpaired) electrons. The molecule has 9 nitrogen and oxygen atoms in total. The van der Waals surface area contributed by atoms with E-state index in [9.17, 15) is 30.7 Å². The Morgan fingerprint density at radius 2 is 1.72 bits per heavy atom. The quantitative estimate of drug-likeness (QED) is 0.220. The van der Waals surface area contributed by atoms with E-state index in [0.29, 0.717) is 28.2 Å². The monoisotopic (exact) mass is 559 g/mol. The number of hydrogen-bond acceptors (Lipinski definition) is 7. The molecule has 2 aromatic heterocycles. The number of rotatable bonds is 6. The molecular weight excluding hydrogens is 539 g/mol. The van der Waals surface area contributed by atoms with Crippen LogP contribution in [0, 0.1) is 5.82 Å². The van der Waals surface area contributed by atoms with Gasteiger partial charge < -0.3 is 15.7 Å². The Morgan fingerprint density at radius 3 is 2.33 bits per heavy atom. The average molecular weight is 559 g/mol. The standard InChI is InChI=1S/C21H19F4N7.C2HF3O2/c1-32(2)18(21(23,24)25)12-4-3-5-14(10-12)27-20-26-9-8-17(29-20)28-19-15-11-13(22)6-7-16(15)30-31-19;3-2(4,5)1(6)7/h3-11,18H,1-2H3,(H3,26,27,28,29,30,31);(H,6,7). The van der Waals surface area contributed by atoms with Gasteiger partial charge in [0.2, 0.25) is 5.95 Å². The van der Waals surface area contributed by atoms with Gasteiger partial charge in [-0.15, -0.1) is 0 Å². The van der Waals surface area contributed by atoms with Crippen LogP contribution in [0.5, 0.6) is 0 Å². The molecule has 39 heavy (non-hydrogen) atoms. The number of nitrogens with zero attached hydrogens (tertiary/aromatic N) is 4. The molecule has 2 aromatic carbocycles. The summed E-state index contributed by atoms with van der Waals surface area (Å²) in [6.07, 6.45) is -8.02. The van der Waals surface area contributed by atoms with Crippen molar-refractivity contribution in [1.29, 1.82) is 0 Å². The molecule has 0 saturated carbocycles. The van der Waals surface area contributed by atoms with Crippen LogP contribution in [0.25, 0.3) is 10.9 Å². The second-order valence-electron chi connectivity index (χ2n) is 8.11. The third kappa shape index (κ3) is 7.76. The van der Waals surface area contributed by atoms with Crippen molar-refractivity contribution in [3.63, 3.8) is 0 Å². The van der Waals surface area contributed by atoms with E-state index in [0.717, 1.165) is 4.90 Å². The highest BCUT2D eigenvalue weighted by molar-refractivity contribution is 5.91. The number of aromatic nitrogens is 4. The van der Waals surface area contributed by atoms with E-state index in [-0.39, 0.29) is 11.5 Å². The Labute approximate surface area is 215 Å². The number of benzene rings is 2. The number of alkyl halides is 6. The van der Waals surface area contributed by atoms with Crippen molar-refractivity contribution in [3.8, 4) is 0 Å². The van der Waals surface area contributed by atoms with Crippen LogP contribution in [0.2, 0.25) is 0 Å². The van der Waals surface area contributed by atoms with E-state index in [4.69, 9.17) is 9.90 Å². The summed E-state index contributed by atoms with van der Waals surface area (Å²) in [5, 5.41) is 20.5. The Morgan fingerprint density at radius 1 is 1.03 bits per heavy atom. The molecule has 0 aliphatic heterocycles. The highest BCUT2D eigenvalue weighted by Gasteiger charge is 2.42. The molecular formula is C23H20F7N7O2. The summed E-state index contributed by atoms with van der Waals surface area (Å²) in [6.45, 7) is 0. The molecule has 4 rings (SSSR count). The predicted molar refractivity (Wildman–Crippen MR) is 127 cm³/mol. The van der Waals surface area contributed by atoms with Gasteiger partial charge in [0, 0.05) is 17.3 Å². The largest absolute Gasteiger partial charge is 0.490 e. The Balaban J connectivity index is 0.000000532. The molecule has 0 fully saturated rings. The lowest BCUT2D eigenvalue weighted by Crippen LogP contribution is -2.33. The van der Waals surface area contributed by atoms with Crippen LogP contribution in [0.4, 0.5) is 54.0 Å². The number of carboxylic acids is 1. The molecule has 0 aliphatic carbocycles. The molecule has 16 heteroatoms. The molecule has 1 unspecified atom stereocenters. The Bertz CT molecular complexity index is 1440. The van der Waals surface area contributed by atoms with Gasteiger partial charge in [0.15, 0.2) is 5.82 Å². The first kappa shape index (κ1) is 29.1. The van der Waals surface area contributed by atoms with Gasteiger partial charge in [-0.2, -0.15) is 36.4 Å². The van der Waals surface area contributed by atoms with Crippen LogP contribution in [-0.4, -0.2) is 62.6 Å². The first-order valence-corrected chi connectivity index (χ1v) is 10.8. The fourth-order valence-electron chi connectivity index (χ4n) is 3.39. The van der Waals surface area contributed by atoms with Gasteiger partial charge in [0.05, 0.1) is 5.52 Å². The van der Waals surface area contributed by atoms with Gasteiger partial charge in [-0.05, 0) is 56.1 Å². The summed E-state index contributed by atoms with van der Waals surface area (Å²) in [7, 11) is 2.75. The highest BCUT2D eigenvalue weighted by atomic mass is 19.4. The zero-order valence-corrected chi connectivity index (χ0v) is 20.1. The Hall–Kier alpha value is -4.47. The fraction of sp³-hybridized carbons (Fsp3) is 0.217. The number of carboxylic acid groups (broad SMARTS) is 1. The molecule has 4 aromatic rings. The molecule has 1 atom stereocenters. The SMILES string of the molecule is CN(C)C(c1cccc(Nc2nccc(Nc3n[nH]c4ccc(F)cc34)n2)c1)C(F)(F)F.O=C(O)C(F)(F)F. The first-order valence-electron chi connectivity index (χ1n) is 10.8. The van der Waals surface area contributed by atoms with E-state index in [2.05, 4.69) is 30.8 Å². The van der Waals surface area contributed by atoms with Crippen molar-refractivity contribution in [1.82, 2.24) is 25.1 Å². The summed E-state index contributed by atoms with van der Waals surface area (Å²) in [6, 6.07) is 10.1. The van der Waals surface area contributed by atoms with Crippen LogP contribution >= 0.6 is 0 Å². The molecule has 208 valence electrons. The third-order valence-corrected chi connectivity index (χ3v) is 4.95.